The van der Waals surface area contributed by atoms with Gasteiger partial charge in [-0.2, -0.15) is 0 Å². The fraction of sp³-hybridized carbons (Fsp3) is 0.267. The Bertz CT molecular complexity index is 1290. The van der Waals surface area contributed by atoms with Gasteiger partial charge in [-0.1, -0.05) is 18.2 Å². The molecule has 0 aliphatic carbocycles. The van der Waals surface area contributed by atoms with E-state index in [0.717, 1.165) is 35.5 Å². The molecule has 186 valence electrons. The molecule has 0 bridgehead atoms. The Balaban J connectivity index is 1.90. The maximum atomic E-state index is 13.4. The quantitative estimate of drug-likeness (QED) is 0.261. The number of carbonyl (C=O) groups excluding carboxylic acids is 2. The minimum Gasteiger partial charge on any atom is -0.507 e. The molecule has 1 atom stereocenters. The number of hydrogen-bond acceptors (Lipinski definition) is 5. The highest BCUT2D eigenvalue weighted by Crippen LogP contribution is 2.43. The predicted molar refractivity (Wildman–Crippen MR) is 144 cm³/mol. The van der Waals surface area contributed by atoms with Gasteiger partial charge >= 0.3 is 0 Å². The van der Waals surface area contributed by atoms with Gasteiger partial charge in [0.15, 0.2) is 0 Å². The summed E-state index contributed by atoms with van der Waals surface area (Å²) in [5.74, 6) is -0.945. The molecule has 1 amide bonds. The van der Waals surface area contributed by atoms with Crippen LogP contribution in [-0.2, 0) is 9.59 Å². The minimum atomic E-state index is -0.765. The van der Waals surface area contributed by atoms with Gasteiger partial charge in [0.25, 0.3) is 11.7 Å². The molecule has 6 heteroatoms. The Kier molecular flexibility index (Phi) is 7.15. The van der Waals surface area contributed by atoms with Crippen molar-refractivity contribution in [2.75, 3.05) is 30.0 Å². The van der Waals surface area contributed by atoms with Gasteiger partial charge in [-0.05, 0) is 92.9 Å². The SMILES string of the molecule is CCN(CC)c1ccc(C2/C(=C(\O)c3ccc(OC)cc3)C(=O)C(=O)N2c2cc(C)cc(C)c2)cc1. The van der Waals surface area contributed by atoms with E-state index in [0.29, 0.717) is 17.0 Å². The van der Waals surface area contributed by atoms with Crippen LogP contribution in [0, 0.1) is 13.8 Å². The average molecular weight is 485 g/mol. The molecule has 4 rings (SSSR count). The Morgan fingerprint density at radius 3 is 2.03 bits per heavy atom. The summed E-state index contributed by atoms with van der Waals surface area (Å²) >= 11 is 0. The zero-order chi connectivity index (χ0) is 26.0. The number of aryl methyl sites for hydroxylation is 2. The van der Waals surface area contributed by atoms with Crippen molar-refractivity contribution in [3.8, 4) is 5.75 Å². The van der Waals surface area contributed by atoms with Crippen LogP contribution in [0.3, 0.4) is 0 Å². The number of rotatable bonds is 7. The predicted octanol–water partition coefficient (Wildman–Crippen LogP) is 5.78. The molecular weight excluding hydrogens is 452 g/mol. The number of ketones is 1. The number of nitrogens with zero attached hydrogens (tertiary/aromatic N) is 2. The highest BCUT2D eigenvalue weighted by Gasteiger charge is 2.47. The maximum absolute atomic E-state index is 13.4. The number of Topliss-reactive ketones (excluding diaryl/α,β-unsaturated/α-hetero) is 1. The lowest BCUT2D eigenvalue weighted by Crippen LogP contribution is -2.29. The molecule has 1 saturated heterocycles. The second-order valence-corrected chi connectivity index (χ2v) is 9.01. The van der Waals surface area contributed by atoms with Crippen molar-refractivity contribution in [3.63, 3.8) is 0 Å². The first-order valence-electron chi connectivity index (χ1n) is 12.2. The highest BCUT2D eigenvalue weighted by molar-refractivity contribution is 6.51. The molecule has 1 unspecified atom stereocenters. The highest BCUT2D eigenvalue weighted by atomic mass is 16.5. The first-order chi connectivity index (χ1) is 17.3. The van der Waals surface area contributed by atoms with E-state index in [1.807, 2.05) is 56.3 Å². The van der Waals surface area contributed by atoms with Crippen molar-refractivity contribution in [3.05, 3.63) is 94.6 Å². The van der Waals surface area contributed by atoms with E-state index in [1.165, 1.54) is 4.90 Å². The van der Waals surface area contributed by atoms with Crippen LogP contribution >= 0.6 is 0 Å². The van der Waals surface area contributed by atoms with Gasteiger partial charge in [0.2, 0.25) is 0 Å². The second kappa shape index (κ2) is 10.3. The summed E-state index contributed by atoms with van der Waals surface area (Å²) in [6, 6.07) is 19.7. The third-order valence-corrected chi connectivity index (χ3v) is 6.63. The van der Waals surface area contributed by atoms with Gasteiger partial charge in [-0.25, -0.2) is 0 Å². The summed E-state index contributed by atoms with van der Waals surface area (Å²) in [5.41, 5.74) is 4.91. The number of aliphatic hydroxyl groups excluding tert-OH is 1. The van der Waals surface area contributed by atoms with E-state index >= 15 is 0 Å². The summed E-state index contributed by atoms with van der Waals surface area (Å²) in [4.78, 5) is 30.6. The molecule has 0 aromatic heterocycles. The Hall–Kier alpha value is -4.06. The third kappa shape index (κ3) is 4.59. The molecule has 1 heterocycles. The van der Waals surface area contributed by atoms with E-state index in [-0.39, 0.29) is 11.3 Å². The second-order valence-electron chi connectivity index (χ2n) is 9.01. The molecule has 6 nitrogen and oxygen atoms in total. The number of anilines is 2. The number of methoxy groups -OCH3 is 1. The number of carbonyl (C=O) groups is 2. The van der Waals surface area contributed by atoms with E-state index < -0.39 is 17.7 Å². The van der Waals surface area contributed by atoms with E-state index in [4.69, 9.17) is 4.74 Å². The molecule has 1 aliphatic rings. The van der Waals surface area contributed by atoms with Crippen molar-refractivity contribution >= 4 is 28.8 Å². The molecule has 0 saturated carbocycles. The summed E-state index contributed by atoms with van der Waals surface area (Å²) in [7, 11) is 1.56. The standard InChI is InChI=1S/C30H32N2O4/c1-6-31(7-2)23-12-8-21(9-13-23)27-26(28(33)22-10-14-25(36-5)15-11-22)29(34)30(35)32(27)24-17-19(3)16-20(4)18-24/h8-18,27,33H,6-7H2,1-5H3/b28-26+. The lowest BCUT2D eigenvalue weighted by atomic mass is 9.94. The van der Waals surface area contributed by atoms with Gasteiger partial charge in [-0.3, -0.25) is 14.5 Å². The average Bonchev–Trinajstić information content (AvgIpc) is 3.14. The van der Waals surface area contributed by atoms with E-state index in [2.05, 4.69) is 18.7 Å². The van der Waals surface area contributed by atoms with Crippen LogP contribution in [0.15, 0.2) is 72.3 Å². The molecule has 1 fully saturated rings. The van der Waals surface area contributed by atoms with Gasteiger partial charge < -0.3 is 14.7 Å². The third-order valence-electron chi connectivity index (χ3n) is 6.63. The first-order valence-corrected chi connectivity index (χ1v) is 12.2. The number of benzene rings is 3. The molecule has 36 heavy (non-hydrogen) atoms. The molecule has 3 aromatic carbocycles. The molecule has 0 radical (unpaired) electrons. The largest absolute Gasteiger partial charge is 0.507 e. The van der Waals surface area contributed by atoms with Gasteiger partial charge in [0.05, 0.1) is 18.7 Å². The molecular formula is C30H32N2O4. The van der Waals surface area contributed by atoms with Crippen molar-refractivity contribution in [2.24, 2.45) is 0 Å². The van der Waals surface area contributed by atoms with Crippen LogP contribution in [-0.4, -0.2) is 37.0 Å². The van der Waals surface area contributed by atoms with Crippen LogP contribution in [0.25, 0.3) is 5.76 Å². The fourth-order valence-corrected chi connectivity index (χ4v) is 4.86. The van der Waals surface area contributed by atoms with Crippen LogP contribution < -0.4 is 14.5 Å². The van der Waals surface area contributed by atoms with Crippen LogP contribution in [0.4, 0.5) is 11.4 Å². The van der Waals surface area contributed by atoms with Crippen LogP contribution in [0.2, 0.25) is 0 Å². The Morgan fingerprint density at radius 2 is 1.50 bits per heavy atom. The van der Waals surface area contributed by atoms with Crippen molar-refractivity contribution < 1.29 is 19.4 Å². The number of amides is 1. The summed E-state index contributed by atoms with van der Waals surface area (Å²) < 4.78 is 5.22. The topological polar surface area (TPSA) is 70.1 Å². The normalized spacial score (nSPS) is 16.9. The monoisotopic (exact) mass is 484 g/mol. The number of aliphatic hydroxyl groups is 1. The zero-order valence-electron chi connectivity index (χ0n) is 21.4. The van der Waals surface area contributed by atoms with Gasteiger partial charge in [0.1, 0.15) is 11.5 Å². The first kappa shape index (κ1) is 25.0. The Labute approximate surface area is 212 Å². The van der Waals surface area contributed by atoms with E-state index in [1.54, 1.807) is 31.4 Å². The fourth-order valence-electron chi connectivity index (χ4n) is 4.86. The van der Waals surface area contributed by atoms with E-state index in [9.17, 15) is 14.7 Å². The summed E-state index contributed by atoms with van der Waals surface area (Å²) in [6.45, 7) is 9.85. The lowest BCUT2D eigenvalue weighted by Gasteiger charge is -2.27. The Morgan fingerprint density at radius 1 is 0.917 bits per heavy atom. The van der Waals surface area contributed by atoms with Crippen molar-refractivity contribution in [2.45, 2.75) is 33.7 Å². The van der Waals surface area contributed by atoms with Crippen molar-refractivity contribution in [1.29, 1.82) is 0 Å². The van der Waals surface area contributed by atoms with Gasteiger partial charge in [0, 0.05) is 30.0 Å². The van der Waals surface area contributed by atoms with Crippen molar-refractivity contribution in [1.82, 2.24) is 0 Å². The smallest absolute Gasteiger partial charge is 0.300 e. The van der Waals surface area contributed by atoms with Crippen LogP contribution in [0.1, 0.15) is 42.1 Å². The summed E-state index contributed by atoms with van der Waals surface area (Å²) in [6.07, 6.45) is 0. The minimum absolute atomic E-state index is 0.0694. The zero-order valence-corrected chi connectivity index (χ0v) is 21.4. The lowest BCUT2D eigenvalue weighted by molar-refractivity contribution is -0.132. The molecule has 1 aliphatic heterocycles. The number of ether oxygens (including phenoxy) is 1. The summed E-state index contributed by atoms with van der Waals surface area (Å²) in [5, 5.41) is 11.3. The number of hydrogen-bond donors (Lipinski definition) is 1. The van der Waals surface area contributed by atoms with Gasteiger partial charge in [-0.15, -0.1) is 0 Å². The molecule has 3 aromatic rings. The maximum Gasteiger partial charge on any atom is 0.300 e. The van der Waals surface area contributed by atoms with Crippen LogP contribution in [0.5, 0.6) is 5.75 Å². The molecule has 0 spiro atoms. The molecule has 1 N–H and O–H groups in total.